The number of halogens is 6. The summed E-state index contributed by atoms with van der Waals surface area (Å²) in [7, 11) is 0. The molecule has 0 amide bonds. The zero-order valence-corrected chi connectivity index (χ0v) is 9.97. The Bertz CT molecular complexity index is 330. The van der Waals surface area contributed by atoms with Gasteiger partial charge in [-0.05, 0) is 5.92 Å². The van der Waals surface area contributed by atoms with Crippen molar-refractivity contribution in [2.75, 3.05) is 0 Å². The third kappa shape index (κ3) is 3.40. The van der Waals surface area contributed by atoms with Crippen molar-refractivity contribution in [3.63, 3.8) is 0 Å². The Kier molecular flexibility index (Phi) is 5.04. The van der Waals surface area contributed by atoms with Gasteiger partial charge in [-0.25, -0.2) is 4.79 Å². The molecular formula is C10H12F6O3. The zero-order valence-electron chi connectivity index (χ0n) is 9.97. The molecule has 112 valence electrons. The summed E-state index contributed by atoms with van der Waals surface area (Å²) >= 11 is 0. The molecule has 0 spiro atoms. The molecule has 19 heavy (non-hydrogen) atoms. The fourth-order valence-electron chi connectivity index (χ4n) is 1.36. The van der Waals surface area contributed by atoms with Gasteiger partial charge < -0.3 is 9.84 Å². The van der Waals surface area contributed by atoms with E-state index in [4.69, 9.17) is 5.11 Å². The van der Waals surface area contributed by atoms with E-state index in [2.05, 4.69) is 11.3 Å². The van der Waals surface area contributed by atoms with Gasteiger partial charge in [0.25, 0.3) is 5.60 Å². The van der Waals surface area contributed by atoms with Crippen molar-refractivity contribution >= 4 is 5.97 Å². The van der Waals surface area contributed by atoms with E-state index in [1.54, 1.807) is 0 Å². The summed E-state index contributed by atoms with van der Waals surface area (Å²) < 4.78 is 79.5. The van der Waals surface area contributed by atoms with Gasteiger partial charge in [0.15, 0.2) is 6.10 Å². The van der Waals surface area contributed by atoms with Crippen LogP contribution >= 0.6 is 0 Å². The lowest BCUT2D eigenvalue weighted by molar-refractivity contribution is -0.394. The fourth-order valence-corrected chi connectivity index (χ4v) is 1.36. The molecule has 0 fully saturated rings. The molecule has 1 atom stereocenters. The second kappa shape index (κ2) is 5.40. The zero-order chi connectivity index (χ0) is 15.6. The molecule has 0 aromatic heterocycles. The van der Waals surface area contributed by atoms with Crippen LogP contribution in [0.2, 0.25) is 0 Å². The van der Waals surface area contributed by atoms with Gasteiger partial charge >= 0.3 is 18.3 Å². The smallest absolute Gasteiger partial charge is 0.430 e. The number of ether oxygens (including phenoxy) is 1. The molecule has 3 nitrogen and oxygen atoms in total. The van der Waals surface area contributed by atoms with Gasteiger partial charge in [-0.15, -0.1) is 0 Å². The lowest BCUT2D eigenvalue weighted by Crippen LogP contribution is -2.66. The molecule has 0 heterocycles. The average molecular weight is 294 g/mol. The molecule has 1 N–H and O–H groups in total. The number of carbonyl (C=O) groups excluding carboxylic acids is 1. The van der Waals surface area contributed by atoms with E-state index in [-0.39, 0.29) is 0 Å². The van der Waals surface area contributed by atoms with Crippen molar-refractivity contribution in [3.8, 4) is 0 Å². The molecule has 0 bridgehead atoms. The standard InChI is InChI=1S/C10H12F6O3/c1-4-6(17)19-7(5(2)3)8(18,9(11,12)13)10(14,15)16/h4-5,7,18H,1H2,2-3H3. The Labute approximate surface area is 104 Å². The van der Waals surface area contributed by atoms with Crippen LogP contribution in [-0.4, -0.2) is 35.1 Å². The third-order valence-corrected chi connectivity index (χ3v) is 2.29. The largest absolute Gasteiger partial charge is 0.455 e. The maximum atomic E-state index is 12.6. The highest BCUT2D eigenvalue weighted by atomic mass is 19.4. The van der Waals surface area contributed by atoms with Gasteiger partial charge in [-0.2, -0.15) is 26.3 Å². The van der Waals surface area contributed by atoms with Crippen molar-refractivity contribution < 1.29 is 41.0 Å². The number of alkyl halides is 6. The summed E-state index contributed by atoms with van der Waals surface area (Å²) in [5, 5.41) is 9.10. The van der Waals surface area contributed by atoms with Crippen molar-refractivity contribution in [2.24, 2.45) is 5.92 Å². The van der Waals surface area contributed by atoms with Crippen molar-refractivity contribution in [1.82, 2.24) is 0 Å². The number of carbonyl (C=O) groups is 1. The van der Waals surface area contributed by atoms with Gasteiger partial charge in [0.1, 0.15) is 0 Å². The van der Waals surface area contributed by atoms with Crippen LogP contribution in [0.1, 0.15) is 13.8 Å². The minimum atomic E-state index is -6.05. The molecule has 1 unspecified atom stereocenters. The topological polar surface area (TPSA) is 46.5 Å². The minimum Gasteiger partial charge on any atom is -0.455 e. The summed E-state index contributed by atoms with van der Waals surface area (Å²) in [6.07, 6.45) is -14.5. The highest BCUT2D eigenvalue weighted by Gasteiger charge is 2.75. The Morgan fingerprint density at radius 1 is 1.16 bits per heavy atom. The Morgan fingerprint density at radius 2 is 1.53 bits per heavy atom. The van der Waals surface area contributed by atoms with Crippen LogP contribution in [0.15, 0.2) is 12.7 Å². The molecule has 0 rings (SSSR count). The quantitative estimate of drug-likeness (QED) is 0.492. The first-order valence-corrected chi connectivity index (χ1v) is 4.98. The number of esters is 1. The molecule has 0 saturated heterocycles. The van der Waals surface area contributed by atoms with E-state index in [0.717, 1.165) is 13.8 Å². The molecule has 0 aliphatic carbocycles. The number of rotatable bonds is 4. The molecule has 0 radical (unpaired) electrons. The number of aliphatic hydroxyl groups is 1. The van der Waals surface area contributed by atoms with E-state index < -0.39 is 35.9 Å². The number of hydrogen-bond acceptors (Lipinski definition) is 3. The van der Waals surface area contributed by atoms with Crippen LogP contribution in [0.4, 0.5) is 26.3 Å². The summed E-state index contributed by atoms with van der Waals surface area (Å²) in [4.78, 5) is 10.8. The lowest BCUT2D eigenvalue weighted by atomic mass is 9.87. The predicted octanol–water partition coefficient (Wildman–Crippen LogP) is 2.60. The Balaban J connectivity index is 5.80. The Morgan fingerprint density at radius 3 is 1.74 bits per heavy atom. The highest BCUT2D eigenvalue weighted by Crippen LogP contribution is 2.47. The lowest BCUT2D eigenvalue weighted by Gasteiger charge is -2.39. The van der Waals surface area contributed by atoms with Crippen LogP contribution in [-0.2, 0) is 9.53 Å². The van der Waals surface area contributed by atoms with Crippen LogP contribution in [0.25, 0.3) is 0 Å². The maximum Gasteiger partial charge on any atom is 0.430 e. The molecule has 0 saturated carbocycles. The fraction of sp³-hybridized carbons (Fsp3) is 0.700. The second-order valence-corrected chi connectivity index (χ2v) is 4.07. The normalized spacial score (nSPS) is 15.3. The molecule has 9 heteroatoms. The second-order valence-electron chi connectivity index (χ2n) is 4.07. The van der Waals surface area contributed by atoms with Crippen LogP contribution in [0.5, 0.6) is 0 Å². The molecule has 0 aromatic rings. The minimum absolute atomic E-state index is 0.405. The van der Waals surface area contributed by atoms with Gasteiger partial charge in [0.2, 0.25) is 0 Å². The van der Waals surface area contributed by atoms with Gasteiger partial charge in [-0.1, -0.05) is 20.4 Å². The van der Waals surface area contributed by atoms with Crippen molar-refractivity contribution in [3.05, 3.63) is 12.7 Å². The summed E-state index contributed by atoms with van der Waals surface area (Å²) in [6.45, 7) is 4.76. The monoisotopic (exact) mass is 294 g/mol. The first-order valence-electron chi connectivity index (χ1n) is 4.98. The van der Waals surface area contributed by atoms with Crippen LogP contribution in [0, 0.1) is 5.92 Å². The van der Waals surface area contributed by atoms with Gasteiger partial charge in [0.05, 0.1) is 0 Å². The number of hydrogen-bond donors (Lipinski definition) is 1. The summed E-state index contributed by atoms with van der Waals surface area (Å²) in [6, 6.07) is 0. The average Bonchev–Trinajstić information content (AvgIpc) is 2.20. The van der Waals surface area contributed by atoms with E-state index in [1.165, 1.54) is 0 Å². The molecule has 0 aromatic carbocycles. The van der Waals surface area contributed by atoms with Crippen LogP contribution < -0.4 is 0 Å². The maximum absolute atomic E-state index is 12.6. The van der Waals surface area contributed by atoms with E-state index in [9.17, 15) is 31.1 Å². The predicted molar refractivity (Wildman–Crippen MR) is 52.0 cm³/mol. The highest BCUT2D eigenvalue weighted by molar-refractivity contribution is 5.81. The third-order valence-electron chi connectivity index (χ3n) is 2.29. The molecular weight excluding hydrogens is 282 g/mol. The molecule has 0 aliphatic heterocycles. The first-order chi connectivity index (χ1) is 8.29. The van der Waals surface area contributed by atoms with E-state index in [0.29, 0.717) is 6.08 Å². The van der Waals surface area contributed by atoms with Crippen molar-refractivity contribution in [1.29, 1.82) is 0 Å². The van der Waals surface area contributed by atoms with Gasteiger partial charge in [0, 0.05) is 6.08 Å². The van der Waals surface area contributed by atoms with E-state index >= 15 is 0 Å². The molecule has 0 aliphatic rings. The SMILES string of the molecule is C=CC(=O)OC(C(C)C)C(O)(C(F)(F)F)C(F)(F)F. The van der Waals surface area contributed by atoms with E-state index in [1.807, 2.05) is 0 Å². The summed E-state index contributed by atoms with van der Waals surface area (Å²) in [5.74, 6) is -2.93. The van der Waals surface area contributed by atoms with Gasteiger partial charge in [-0.3, -0.25) is 0 Å². The Hall–Kier alpha value is -1.25. The summed E-state index contributed by atoms with van der Waals surface area (Å²) in [5.41, 5.74) is -5.15. The first kappa shape index (κ1) is 17.8. The van der Waals surface area contributed by atoms with Crippen molar-refractivity contribution in [2.45, 2.75) is 37.9 Å². The van der Waals surface area contributed by atoms with Crippen LogP contribution in [0.3, 0.4) is 0 Å².